The number of methoxy groups -OCH3 is 1. The Balaban J connectivity index is 3.31. The lowest BCUT2D eigenvalue weighted by molar-refractivity contribution is 0.101. The average Bonchev–Trinajstić information content (AvgIpc) is 2.09. The molecule has 4 heteroatoms. The van der Waals surface area contributed by atoms with E-state index in [4.69, 9.17) is 16.3 Å². The molecule has 0 unspecified atom stereocenters. The molecule has 0 heterocycles. The molecule has 0 amide bonds. The van der Waals surface area contributed by atoms with Gasteiger partial charge in [-0.05, 0) is 41.6 Å². The number of carbonyl (C=O) groups is 1. The maximum atomic E-state index is 11.1. The summed E-state index contributed by atoms with van der Waals surface area (Å²) in [6.45, 7) is 1.51. The van der Waals surface area contributed by atoms with Crippen LogP contribution < -0.4 is 4.74 Å². The predicted molar refractivity (Wildman–Crippen MR) is 60.7 cm³/mol. The fraction of sp³-hybridized carbons (Fsp3) is 0.222. The summed E-state index contributed by atoms with van der Waals surface area (Å²) in [5.41, 5.74) is 0.631. The Labute approximate surface area is 95.4 Å². The van der Waals surface area contributed by atoms with E-state index in [0.29, 0.717) is 16.3 Å². The molecule has 0 aromatic heterocycles. The predicted octanol–water partition coefficient (Wildman–Crippen LogP) is 3.16. The molecule has 70 valence electrons. The van der Waals surface area contributed by atoms with Crippen LogP contribution in [0.3, 0.4) is 0 Å². The first kappa shape index (κ1) is 10.8. The van der Waals surface area contributed by atoms with Crippen molar-refractivity contribution in [1.29, 1.82) is 0 Å². The Morgan fingerprint density at radius 2 is 2.15 bits per heavy atom. The van der Waals surface area contributed by atoms with Gasteiger partial charge in [0.2, 0.25) is 0 Å². The fourth-order valence-corrected chi connectivity index (χ4v) is 2.03. The summed E-state index contributed by atoms with van der Waals surface area (Å²) in [5, 5.41) is 0.496. The molecule has 1 aromatic rings. The Kier molecular flexibility index (Phi) is 3.55. The minimum atomic E-state index is 0.00829. The Bertz CT molecular complexity index is 350. The van der Waals surface area contributed by atoms with Crippen molar-refractivity contribution in [2.45, 2.75) is 6.92 Å². The van der Waals surface area contributed by atoms with Crippen molar-refractivity contribution in [3.8, 4) is 5.75 Å². The lowest BCUT2D eigenvalue weighted by Crippen LogP contribution is -1.97. The van der Waals surface area contributed by atoms with Crippen molar-refractivity contribution in [2.75, 3.05) is 7.11 Å². The van der Waals surface area contributed by atoms with Crippen LogP contribution in [0.2, 0.25) is 5.02 Å². The highest BCUT2D eigenvalue weighted by Crippen LogP contribution is 2.31. The first-order valence-electron chi connectivity index (χ1n) is 3.61. The smallest absolute Gasteiger partial charge is 0.160 e. The number of carbonyl (C=O) groups excluding carboxylic acids is 1. The topological polar surface area (TPSA) is 26.3 Å². The zero-order valence-electron chi connectivity index (χ0n) is 7.23. The summed E-state index contributed by atoms with van der Waals surface area (Å²) in [6.07, 6.45) is 0. The SMILES string of the molecule is COc1ccc(C(C)=O)c(I)c1Cl. The van der Waals surface area contributed by atoms with Crippen LogP contribution in [0.4, 0.5) is 0 Å². The van der Waals surface area contributed by atoms with Gasteiger partial charge in [0.25, 0.3) is 0 Å². The molecule has 0 aliphatic rings. The minimum absolute atomic E-state index is 0.00829. The molecule has 0 aliphatic heterocycles. The van der Waals surface area contributed by atoms with Crippen molar-refractivity contribution >= 4 is 40.0 Å². The van der Waals surface area contributed by atoms with E-state index in [1.165, 1.54) is 6.92 Å². The number of benzene rings is 1. The maximum absolute atomic E-state index is 11.1. The van der Waals surface area contributed by atoms with E-state index < -0.39 is 0 Å². The quantitative estimate of drug-likeness (QED) is 0.619. The molecule has 0 spiro atoms. The van der Waals surface area contributed by atoms with Crippen molar-refractivity contribution in [2.24, 2.45) is 0 Å². The summed E-state index contributed by atoms with van der Waals surface area (Å²) in [5.74, 6) is 0.602. The third kappa shape index (κ3) is 2.14. The molecule has 2 nitrogen and oxygen atoms in total. The number of rotatable bonds is 2. The van der Waals surface area contributed by atoms with Gasteiger partial charge in [0.1, 0.15) is 5.75 Å². The third-order valence-corrected chi connectivity index (χ3v) is 3.46. The molecular weight excluding hydrogens is 302 g/mol. The maximum Gasteiger partial charge on any atom is 0.160 e. The second-order valence-electron chi connectivity index (χ2n) is 2.50. The van der Waals surface area contributed by atoms with Crippen molar-refractivity contribution in [1.82, 2.24) is 0 Å². The van der Waals surface area contributed by atoms with Crippen LogP contribution in [0.15, 0.2) is 12.1 Å². The van der Waals surface area contributed by atoms with Gasteiger partial charge in [-0.3, -0.25) is 4.79 Å². The second-order valence-corrected chi connectivity index (χ2v) is 3.96. The van der Waals surface area contributed by atoms with Gasteiger partial charge in [0.15, 0.2) is 5.78 Å². The first-order chi connectivity index (χ1) is 6.07. The van der Waals surface area contributed by atoms with E-state index in [1.54, 1.807) is 19.2 Å². The summed E-state index contributed by atoms with van der Waals surface area (Å²) >= 11 is 7.99. The van der Waals surface area contributed by atoms with Gasteiger partial charge in [-0.25, -0.2) is 0 Å². The minimum Gasteiger partial charge on any atom is -0.495 e. The number of ketones is 1. The molecule has 1 aromatic carbocycles. The van der Waals surface area contributed by atoms with E-state index in [-0.39, 0.29) is 5.78 Å². The van der Waals surface area contributed by atoms with E-state index in [1.807, 2.05) is 22.6 Å². The first-order valence-corrected chi connectivity index (χ1v) is 5.06. The zero-order valence-corrected chi connectivity index (χ0v) is 10.1. The molecule has 0 saturated heterocycles. The van der Waals surface area contributed by atoms with E-state index >= 15 is 0 Å². The van der Waals surface area contributed by atoms with E-state index in [2.05, 4.69) is 0 Å². The van der Waals surface area contributed by atoms with Crippen LogP contribution in [0, 0.1) is 3.57 Å². The highest BCUT2D eigenvalue weighted by atomic mass is 127. The van der Waals surface area contributed by atoms with Gasteiger partial charge >= 0.3 is 0 Å². The average molecular weight is 311 g/mol. The molecular formula is C9H8ClIO2. The van der Waals surface area contributed by atoms with Crippen molar-refractivity contribution < 1.29 is 9.53 Å². The van der Waals surface area contributed by atoms with Gasteiger partial charge in [-0.15, -0.1) is 0 Å². The molecule has 1 rings (SSSR count). The molecule has 0 fully saturated rings. The standard InChI is InChI=1S/C9H8ClIO2/c1-5(12)6-3-4-7(13-2)8(10)9(6)11/h3-4H,1-2H3. The molecule has 0 N–H and O–H groups in total. The lowest BCUT2D eigenvalue weighted by atomic mass is 10.1. The second kappa shape index (κ2) is 4.28. The summed E-state index contributed by atoms with van der Waals surface area (Å²) in [4.78, 5) is 11.1. The lowest BCUT2D eigenvalue weighted by Gasteiger charge is -2.07. The summed E-state index contributed by atoms with van der Waals surface area (Å²) in [6, 6.07) is 3.41. The molecule has 13 heavy (non-hydrogen) atoms. The van der Waals surface area contributed by atoms with Gasteiger partial charge in [-0.1, -0.05) is 11.6 Å². The van der Waals surface area contributed by atoms with Crippen LogP contribution >= 0.6 is 34.2 Å². The summed E-state index contributed by atoms with van der Waals surface area (Å²) < 4.78 is 5.75. The van der Waals surface area contributed by atoms with E-state index in [9.17, 15) is 4.79 Å². The van der Waals surface area contributed by atoms with Gasteiger partial charge in [0, 0.05) is 9.13 Å². The number of halogens is 2. The third-order valence-electron chi connectivity index (χ3n) is 1.65. The Morgan fingerprint density at radius 3 is 2.62 bits per heavy atom. The highest BCUT2D eigenvalue weighted by Gasteiger charge is 2.12. The van der Waals surface area contributed by atoms with Crippen LogP contribution in [0.5, 0.6) is 5.75 Å². The number of hydrogen-bond donors (Lipinski definition) is 0. The van der Waals surface area contributed by atoms with E-state index in [0.717, 1.165) is 3.57 Å². The molecule has 0 aliphatic carbocycles. The molecule has 0 bridgehead atoms. The monoisotopic (exact) mass is 310 g/mol. The number of ether oxygens (including phenoxy) is 1. The van der Waals surface area contributed by atoms with Crippen LogP contribution in [-0.2, 0) is 0 Å². The van der Waals surface area contributed by atoms with Crippen molar-refractivity contribution in [3.05, 3.63) is 26.3 Å². The summed E-state index contributed by atoms with van der Waals surface area (Å²) in [7, 11) is 1.55. The molecule has 0 saturated carbocycles. The fourth-order valence-electron chi connectivity index (χ4n) is 0.961. The van der Waals surface area contributed by atoms with Gasteiger partial charge in [-0.2, -0.15) is 0 Å². The molecule has 0 radical (unpaired) electrons. The van der Waals surface area contributed by atoms with Crippen LogP contribution in [0.1, 0.15) is 17.3 Å². The largest absolute Gasteiger partial charge is 0.495 e. The molecule has 0 atom stereocenters. The van der Waals surface area contributed by atoms with Gasteiger partial charge < -0.3 is 4.74 Å². The Morgan fingerprint density at radius 1 is 1.54 bits per heavy atom. The zero-order chi connectivity index (χ0) is 10.0. The van der Waals surface area contributed by atoms with Gasteiger partial charge in [0.05, 0.1) is 12.1 Å². The van der Waals surface area contributed by atoms with Crippen LogP contribution in [0.25, 0.3) is 0 Å². The normalized spacial score (nSPS) is 9.85. The highest BCUT2D eigenvalue weighted by molar-refractivity contribution is 14.1. The van der Waals surface area contributed by atoms with Crippen LogP contribution in [-0.4, -0.2) is 12.9 Å². The number of hydrogen-bond acceptors (Lipinski definition) is 2. The van der Waals surface area contributed by atoms with Crippen molar-refractivity contribution in [3.63, 3.8) is 0 Å². The Hall–Kier alpha value is -0.290. The number of Topliss-reactive ketones (excluding diaryl/α,β-unsaturated/α-hetero) is 1.